The Labute approximate surface area is 128 Å². The van der Waals surface area contributed by atoms with Gasteiger partial charge in [-0.1, -0.05) is 40.2 Å². The highest BCUT2D eigenvalue weighted by Crippen LogP contribution is 2.31. The molecule has 0 aliphatic heterocycles. The van der Waals surface area contributed by atoms with E-state index in [0.717, 1.165) is 28.6 Å². The van der Waals surface area contributed by atoms with Crippen LogP contribution in [-0.2, 0) is 13.0 Å². The van der Waals surface area contributed by atoms with Gasteiger partial charge in [0.1, 0.15) is 12.4 Å². The number of fused-ring (bicyclic) bond motifs is 1. The number of aryl methyl sites for hydroxylation is 1. The number of nitrogens with two attached hydrogens (primary N) is 1. The highest BCUT2D eigenvalue weighted by molar-refractivity contribution is 9.10. The van der Waals surface area contributed by atoms with Crippen LogP contribution >= 0.6 is 15.9 Å². The van der Waals surface area contributed by atoms with E-state index in [1.54, 1.807) is 0 Å². The Balaban J connectivity index is 1.75. The predicted octanol–water partition coefficient (Wildman–Crippen LogP) is 4.36. The topological polar surface area (TPSA) is 35.2 Å². The average Bonchev–Trinajstić information content (AvgIpc) is 2.47. The van der Waals surface area contributed by atoms with Crippen molar-refractivity contribution in [3.05, 3.63) is 63.6 Å². The minimum atomic E-state index is 0.158. The van der Waals surface area contributed by atoms with Crippen LogP contribution in [0.3, 0.4) is 0 Å². The third-order valence-corrected chi connectivity index (χ3v) is 4.60. The number of halogens is 1. The van der Waals surface area contributed by atoms with E-state index < -0.39 is 0 Å². The number of benzene rings is 2. The van der Waals surface area contributed by atoms with Crippen molar-refractivity contribution in [3.63, 3.8) is 0 Å². The molecule has 3 heteroatoms. The third-order valence-electron chi connectivity index (χ3n) is 3.83. The van der Waals surface area contributed by atoms with Gasteiger partial charge in [-0.05, 0) is 48.6 Å². The summed E-state index contributed by atoms with van der Waals surface area (Å²) in [5, 5.41) is 0. The van der Waals surface area contributed by atoms with Crippen molar-refractivity contribution in [2.24, 2.45) is 5.73 Å². The maximum absolute atomic E-state index is 6.18. The molecular weight excluding hydrogens is 314 g/mol. The Morgan fingerprint density at radius 2 is 2.05 bits per heavy atom. The van der Waals surface area contributed by atoms with Crippen LogP contribution in [0.25, 0.3) is 0 Å². The van der Waals surface area contributed by atoms with Gasteiger partial charge in [0.15, 0.2) is 0 Å². The van der Waals surface area contributed by atoms with Crippen LogP contribution < -0.4 is 10.5 Å². The van der Waals surface area contributed by atoms with Crippen molar-refractivity contribution < 1.29 is 4.74 Å². The molecule has 0 amide bonds. The molecule has 1 aliphatic carbocycles. The molecule has 0 unspecified atom stereocenters. The molecule has 2 N–H and O–H groups in total. The highest BCUT2D eigenvalue weighted by Gasteiger charge is 2.17. The molecule has 1 aliphatic rings. The molecule has 2 nitrogen and oxygen atoms in total. The largest absolute Gasteiger partial charge is 0.489 e. The van der Waals surface area contributed by atoms with Gasteiger partial charge in [0.25, 0.3) is 0 Å². The second-order valence-electron chi connectivity index (χ2n) is 5.24. The summed E-state index contributed by atoms with van der Waals surface area (Å²) in [7, 11) is 0. The van der Waals surface area contributed by atoms with Crippen molar-refractivity contribution in [1.29, 1.82) is 0 Å². The van der Waals surface area contributed by atoms with E-state index in [2.05, 4.69) is 34.1 Å². The molecule has 1 atom stereocenters. The Morgan fingerprint density at radius 1 is 1.20 bits per heavy atom. The summed E-state index contributed by atoms with van der Waals surface area (Å²) in [6.45, 7) is 0.565. The highest BCUT2D eigenvalue weighted by atomic mass is 79.9. The van der Waals surface area contributed by atoms with Crippen LogP contribution in [0.4, 0.5) is 0 Å². The molecule has 0 saturated heterocycles. The number of hydrogen-bond acceptors (Lipinski definition) is 2. The first-order valence-corrected chi connectivity index (χ1v) is 7.78. The van der Waals surface area contributed by atoms with Crippen LogP contribution in [0.2, 0.25) is 0 Å². The molecule has 2 aromatic carbocycles. The molecular formula is C17H18BrNO. The zero-order chi connectivity index (χ0) is 13.9. The minimum absolute atomic E-state index is 0.158. The summed E-state index contributed by atoms with van der Waals surface area (Å²) in [5.74, 6) is 0.900. The van der Waals surface area contributed by atoms with E-state index in [0.29, 0.717) is 6.61 Å². The monoisotopic (exact) mass is 331 g/mol. The van der Waals surface area contributed by atoms with E-state index in [1.807, 2.05) is 24.3 Å². The maximum Gasteiger partial charge on any atom is 0.120 e. The van der Waals surface area contributed by atoms with E-state index in [4.69, 9.17) is 10.5 Å². The van der Waals surface area contributed by atoms with Crippen LogP contribution in [0, 0.1) is 0 Å². The first-order chi connectivity index (χ1) is 9.74. The van der Waals surface area contributed by atoms with E-state index in [9.17, 15) is 0 Å². The molecule has 0 heterocycles. The third kappa shape index (κ3) is 2.89. The Morgan fingerprint density at radius 3 is 2.90 bits per heavy atom. The smallest absolute Gasteiger partial charge is 0.120 e. The van der Waals surface area contributed by atoms with Crippen LogP contribution in [0.5, 0.6) is 5.75 Å². The lowest BCUT2D eigenvalue weighted by molar-refractivity contribution is 0.304. The Hall–Kier alpha value is -1.32. The second-order valence-corrected chi connectivity index (χ2v) is 6.09. The number of rotatable bonds is 3. The summed E-state index contributed by atoms with van der Waals surface area (Å²) < 4.78 is 6.98. The number of hydrogen-bond donors (Lipinski definition) is 1. The Kier molecular flexibility index (Phi) is 4.08. The summed E-state index contributed by atoms with van der Waals surface area (Å²) in [6, 6.07) is 14.6. The minimum Gasteiger partial charge on any atom is -0.489 e. The fourth-order valence-electron chi connectivity index (χ4n) is 2.68. The van der Waals surface area contributed by atoms with Gasteiger partial charge in [-0.2, -0.15) is 0 Å². The van der Waals surface area contributed by atoms with Gasteiger partial charge in [0.05, 0.1) is 0 Å². The summed E-state index contributed by atoms with van der Waals surface area (Å²) in [4.78, 5) is 0. The van der Waals surface area contributed by atoms with Gasteiger partial charge in [-0.25, -0.2) is 0 Å². The fraction of sp³-hybridized carbons (Fsp3) is 0.294. The fourth-order valence-corrected chi connectivity index (χ4v) is 3.08. The van der Waals surface area contributed by atoms with Gasteiger partial charge in [-0.15, -0.1) is 0 Å². The molecule has 0 bridgehead atoms. The molecule has 0 aromatic heterocycles. The van der Waals surface area contributed by atoms with Gasteiger partial charge >= 0.3 is 0 Å². The van der Waals surface area contributed by atoms with Gasteiger partial charge in [0.2, 0.25) is 0 Å². The van der Waals surface area contributed by atoms with Gasteiger partial charge in [-0.3, -0.25) is 0 Å². The van der Waals surface area contributed by atoms with Crippen molar-refractivity contribution in [2.45, 2.75) is 31.9 Å². The molecule has 0 saturated carbocycles. The molecule has 0 radical (unpaired) electrons. The van der Waals surface area contributed by atoms with Crippen molar-refractivity contribution >= 4 is 15.9 Å². The molecule has 104 valence electrons. The SMILES string of the molecule is N[C@H]1CCCc2ccc(OCc3ccccc3Br)cc21. The molecule has 20 heavy (non-hydrogen) atoms. The maximum atomic E-state index is 6.18. The van der Waals surface area contributed by atoms with Crippen LogP contribution in [0.15, 0.2) is 46.9 Å². The quantitative estimate of drug-likeness (QED) is 0.906. The zero-order valence-corrected chi connectivity index (χ0v) is 12.9. The molecule has 2 aromatic rings. The lowest BCUT2D eigenvalue weighted by atomic mass is 9.88. The lowest BCUT2D eigenvalue weighted by Gasteiger charge is -2.22. The molecule has 0 spiro atoms. The predicted molar refractivity (Wildman–Crippen MR) is 84.8 cm³/mol. The normalized spacial score (nSPS) is 17.6. The van der Waals surface area contributed by atoms with Crippen molar-refractivity contribution in [1.82, 2.24) is 0 Å². The van der Waals surface area contributed by atoms with Crippen molar-refractivity contribution in [3.8, 4) is 5.75 Å². The van der Waals surface area contributed by atoms with Crippen LogP contribution in [0.1, 0.15) is 35.6 Å². The molecule has 0 fully saturated rings. The average molecular weight is 332 g/mol. The first-order valence-electron chi connectivity index (χ1n) is 6.98. The lowest BCUT2D eigenvalue weighted by Crippen LogP contribution is -2.17. The van der Waals surface area contributed by atoms with Gasteiger partial charge in [0, 0.05) is 16.1 Å². The summed E-state index contributed by atoms with van der Waals surface area (Å²) in [5.41, 5.74) is 9.95. The van der Waals surface area contributed by atoms with E-state index >= 15 is 0 Å². The van der Waals surface area contributed by atoms with Crippen molar-refractivity contribution in [2.75, 3.05) is 0 Å². The van der Waals surface area contributed by atoms with Crippen LogP contribution in [-0.4, -0.2) is 0 Å². The van der Waals surface area contributed by atoms with Gasteiger partial charge < -0.3 is 10.5 Å². The number of ether oxygens (including phenoxy) is 1. The zero-order valence-electron chi connectivity index (χ0n) is 11.3. The standard InChI is InChI=1S/C17H18BrNO/c18-16-6-2-1-4-13(16)11-20-14-9-8-12-5-3-7-17(19)15(12)10-14/h1-2,4,6,8-10,17H,3,5,7,11,19H2/t17-/m0/s1. The van der Waals surface area contributed by atoms with E-state index in [-0.39, 0.29) is 6.04 Å². The summed E-state index contributed by atoms with van der Waals surface area (Å²) >= 11 is 3.54. The Bertz CT molecular complexity index is 612. The molecule has 3 rings (SSSR count). The van der Waals surface area contributed by atoms with E-state index in [1.165, 1.54) is 17.5 Å². The summed E-state index contributed by atoms with van der Waals surface area (Å²) in [6.07, 6.45) is 3.39. The second kappa shape index (κ2) is 5.98. The first kappa shape index (κ1) is 13.7.